The topological polar surface area (TPSA) is 93.1 Å². The quantitative estimate of drug-likeness (QED) is 0.381. The Balaban J connectivity index is 4.18. The normalized spacial score (nSPS) is 19.7. The molecule has 0 saturated carbocycles. The van der Waals surface area contributed by atoms with Crippen LogP contribution in [-0.2, 0) is 18.4 Å². The number of aldehydes is 1. The molecule has 0 saturated heterocycles. The van der Waals surface area contributed by atoms with Crippen LogP contribution in [0.5, 0.6) is 0 Å². The van der Waals surface area contributed by atoms with Gasteiger partial charge in [0.05, 0.1) is 12.7 Å². The van der Waals surface area contributed by atoms with Gasteiger partial charge in [-0.25, -0.2) is 4.57 Å². The number of alkyl halides is 1. The molecular formula is C6H12ClO6P. The van der Waals surface area contributed by atoms with Crippen molar-refractivity contribution >= 4 is 25.7 Å². The Morgan fingerprint density at radius 3 is 2.50 bits per heavy atom. The fourth-order valence-corrected chi connectivity index (χ4v) is 1.74. The van der Waals surface area contributed by atoms with E-state index in [1.54, 1.807) is 0 Å². The molecular weight excluding hydrogens is 234 g/mol. The minimum atomic E-state index is -4.33. The van der Waals surface area contributed by atoms with Crippen molar-refractivity contribution in [3.8, 4) is 0 Å². The second-order valence-electron chi connectivity index (χ2n) is 2.50. The van der Waals surface area contributed by atoms with Crippen LogP contribution < -0.4 is 0 Å². The highest BCUT2D eigenvalue weighted by molar-refractivity contribution is 7.47. The Kier molecular flexibility index (Phi) is 6.52. The van der Waals surface area contributed by atoms with Crippen molar-refractivity contribution in [1.82, 2.24) is 0 Å². The molecule has 0 aliphatic carbocycles. The van der Waals surface area contributed by atoms with Crippen molar-refractivity contribution < 1.29 is 28.4 Å². The van der Waals surface area contributed by atoms with Crippen LogP contribution in [0.1, 0.15) is 6.92 Å². The van der Waals surface area contributed by atoms with Crippen molar-refractivity contribution in [1.29, 1.82) is 0 Å². The predicted molar refractivity (Wildman–Crippen MR) is 49.1 cm³/mol. The van der Waals surface area contributed by atoms with Gasteiger partial charge in [0.15, 0.2) is 6.29 Å². The van der Waals surface area contributed by atoms with Crippen LogP contribution in [0.15, 0.2) is 0 Å². The van der Waals surface area contributed by atoms with Gasteiger partial charge < -0.3 is 14.8 Å². The van der Waals surface area contributed by atoms with Crippen LogP contribution >= 0.6 is 19.4 Å². The highest BCUT2D eigenvalue weighted by atomic mass is 35.5. The highest BCUT2D eigenvalue weighted by Crippen LogP contribution is 2.45. The molecule has 0 aliphatic rings. The van der Waals surface area contributed by atoms with Gasteiger partial charge in [0.25, 0.3) is 0 Å². The van der Waals surface area contributed by atoms with E-state index in [9.17, 15) is 9.36 Å². The molecule has 3 unspecified atom stereocenters. The summed E-state index contributed by atoms with van der Waals surface area (Å²) in [5.74, 6) is 0.0127. The monoisotopic (exact) mass is 246 g/mol. The van der Waals surface area contributed by atoms with E-state index in [0.29, 0.717) is 0 Å². The second-order valence-corrected chi connectivity index (χ2v) is 4.17. The number of phosphoric acid groups is 1. The Hall–Kier alpha value is 0.0300. The SMILES string of the molecule is CC(CCl)OP(=O)(O)OC(C=O)CO. The number of phosphoric ester groups is 1. The lowest BCUT2D eigenvalue weighted by Gasteiger charge is -2.17. The Morgan fingerprint density at radius 2 is 2.14 bits per heavy atom. The van der Waals surface area contributed by atoms with Gasteiger partial charge in [-0.1, -0.05) is 0 Å². The average molecular weight is 247 g/mol. The molecule has 14 heavy (non-hydrogen) atoms. The molecule has 0 rings (SSSR count). The summed E-state index contributed by atoms with van der Waals surface area (Å²) in [7, 11) is -4.33. The summed E-state index contributed by atoms with van der Waals surface area (Å²) in [4.78, 5) is 19.2. The minimum absolute atomic E-state index is 0.0127. The molecule has 6 nitrogen and oxygen atoms in total. The predicted octanol–water partition coefficient (Wildman–Crippen LogP) is 0.307. The summed E-state index contributed by atoms with van der Waals surface area (Å²) < 4.78 is 19.9. The lowest BCUT2D eigenvalue weighted by atomic mass is 10.4. The van der Waals surface area contributed by atoms with E-state index in [1.165, 1.54) is 6.92 Å². The van der Waals surface area contributed by atoms with Gasteiger partial charge in [-0.05, 0) is 6.92 Å². The van der Waals surface area contributed by atoms with E-state index < -0.39 is 26.6 Å². The molecule has 0 aromatic carbocycles. The van der Waals surface area contributed by atoms with E-state index in [1.807, 2.05) is 0 Å². The first kappa shape index (κ1) is 14.0. The number of halogens is 1. The summed E-state index contributed by atoms with van der Waals surface area (Å²) in [6.45, 7) is 0.779. The zero-order chi connectivity index (χ0) is 11.2. The summed E-state index contributed by atoms with van der Waals surface area (Å²) in [6, 6.07) is 0. The largest absolute Gasteiger partial charge is 0.473 e. The summed E-state index contributed by atoms with van der Waals surface area (Å²) in [6.07, 6.45) is -1.84. The first-order chi connectivity index (χ1) is 6.45. The molecule has 8 heteroatoms. The van der Waals surface area contributed by atoms with E-state index in [2.05, 4.69) is 9.05 Å². The fourth-order valence-electron chi connectivity index (χ4n) is 0.553. The number of hydrogen-bond donors (Lipinski definition) is 2. The second kappa shape index (κ2) is 6.50. The molecule has 0 aromatic rings. The number of carbonyl (C=O) groups is 1. The Morgan fingerprint density at radius 1 is 1.57 bits per heavy atom. The molecule has 0 spiro atoms. The third-order valence-electron chi connectivity index (χ3n) is 1.13. The maximum Gasteiger partial charge on any atom is 0.473 e. The van der Waals surface area contributed by atoms with Gasteiger partial charge in [0, 0.05) is 5.88 Å². The summed E-state index contributed by atoms with van der Waals surface area (Å²) in [5, 5.41) is 8.51. The van der Waals surface area contributed by atoms with E-state index >= 15 is 0 Å². The van der Waals surface area contributed by atoms with Gasteiger partial charge in [0.1, 0.15) is 6.10 Å². The van der Waals surface area contributed by atoms with Crippen LogP contribution in [0.4, 0.5) is 0 Å². The van der Waals surface area contributed by atoms with Crippen LogP contribution in [0.3, 0.4) is 0 Å². The first-order valence-electron chi connectivity index (χ1n) is 3.77. The highest BCUT2D eigenvalue weighted by Gasteiger charge is 2.28. The van der Waals surface area contributed by atoms with Crippen molar-refractivity contribution in [2.75, 3.05) is 12.5 Å². The number of carbonyl (C=O) groups excluding carboxylic acids is 1. The van der Waals surface area contributed by atoms with Gasteiger partial charge in [-0.3, -0.25) is 9.05 Å². The molecule has 84 valence electrons. The van der Waals surface area contributed by atoms with Gasteiger partial charge in [-0.15, -0.1) is 11.6 Å². The smallest absolute Gasteiger partial charge is 0.393 e. The molecule has 0 aliphatic heterocycles. The van der Waals surface area contributed by atoms with Crippen molar-refractivity contribution in [3.63, 3.8) is 0 Å². The van der Waals surface area contributed by atoms with Crippen LogP contribution in [0, 0.1) is 0 Å². The van der Waals surface area contributed by atoms with Crippen molar-refractivity contribution in [2.45, 2.75) is 19.1 Å². The maximum absolute atomic E-state index is 11.1. The van der Waals surface area contributed by atoms with Crippen LogP contribution in [0.25, 0.3) is 0 Å². The number of aliphatic hydroxyl groups is 1. The summed E-state index contributed by atoms with van der Waals surface area (Å²) >= 11 is 5.33. The van der Waals surface area contributed by atoms with E-state index in [-0.39, 0.29) is 12.2 Å². The van der Waals surface area contributed by atoms with Crippen molar-refractivity contribution in [2.24, 2.45) is 0 Å². The molecule has 3 atom stereocenters. The van der Waals surface area contributed by atoms with Gasteiger partial charge >= 0.3 is 7.82 Å². The molecule has 0 heterocycles. The number of hydrogen-bond acceptors (Lipinski definition) is 5. The molecule has 0 amide bonds. The van der Waals surface area contributed by atoms with Crippen LogP contribution in [-0.4, -0.2) is 41.0 Å². The Labute approximate surface area is 86.4 Å². The van der Waals surface area contributed by atoms with Gasteiger partial charge in [-0.2, -0.15) is 0 Å². The molecule has 0 bridgehead atoms. The molecule has 0 aromatic heterocycles. The zero-order valence-corrected chi connectivity index (χ0v) is 9.15. The van der Waals surface area contributed by atoms with Gasteiger partial charge in [0.2, 0.25) is 0 Å². The van der Waals surface area contributed by atoms with Crippen molar-refractivity contribution in [3.05, 3.63) is 0 Å². The molecule has 0 fully saturated rings. The first-order valence-corrected chi connectivity index (χ1v) is 5.80. The Bertz CT molecular complexity index is 222. The maximum atomic E-state index is 11.1. The van der Waals surface area contributed by atoms with E-state index in [0.717, 1.165) is 0 Å². The third kappa shape index (κ3) is 5.70. The lowest BCUT2D eigenvalue weighted by molar-refractivity contribution is -0.116. The third-order valence-corrected chi connectivity index (χ3v) is 2.73. The minimum Gasteiger partial charge on any atom is -0.393 e. The van der Waals surface area contributed by atoms with Crippen LogP contribution in [0.2, 0.25) is 0 Å². The standard InChI is InChI=1S/C6H12ClO6P/c1-5(2-7)12-14(10,11)13-6(3-8)4-9/h3,5-6,9H,2,4H2,1H3,(H,10,11). The van der Waals surface area contributed by atoms with E-state index in [4.69, 9.17) is 21.6 Å². The summed E-state index contributed by atoms with van der Waals surface area (Å²) in [5.41, 5.74) is 0. The number of rotatable bonds is 7. The average Bonchev–Trinajstić information content (AvgIpc) is 2.13. The number of aliphatic hydroxyl groups excluding tert-OH is 1. The molecule has 2 N–H and O–H groups in total. The zero-order valence-electron chi connectivity index (χ0n) is 7.50. The molecule has 0 radical (unpaired) electrons. The fraction of sp³-hybridized carbons (Fsp3) is 0.833. The lowest BCUT2D eigenvalue weighted by Crippen LogP contribution is -2.20.